The number of nitrogens with zero attached hydrogens (tertiary/aromatic N) is 1. The lowest BCUT2D eigenvalue weighted by Crippen LogP contribution is -2.30. The van der Waals surface area contributed by atoms with E-state index < -0.39 is 10.0 Å². The quantitative estimate of drug-likeness (QED) is 0.387. The Hall–Kier alpha value is -3.21. The minimum absolute atomic E-state index is 0.307. The highest BCUT2D eigenvalue weighted by molar-refractivity contribution is 7.89. The van der Waals surface area contributed by atoms with Crippen LogP contribution in [0.15, 0.2) is 120 Å². The fourth-order valence-corrected chi connectivity index (χ4v) is 4.83. The average Bonchev–Trinajstić information content (AvgIpc) is 2.81. The molecule has 0 aromatic heterocycles. The molecule has 3 nitrogen and oxygen atoms in total. The maximum atomic E-state index is 13.4. The van der Waals surface area contributed by atoms with Crippen LogP contribution in [0.2, 0.25) is 0 Å². The molecule has 4 aromatic rings. The minimum atomic E-state index is -3.63. The molecule has 0 radical (unpaired) electrons. The first kappa shape index (κ1) is 20.1. The van der Waals surface area contributed by atoms with E-state index in [1.165, 1.54) is 4.31 Å². The number of hydrogen-bond acceptors (Lipinski definition) is 2. The first-order chi connectivity index (χ1) is 14.6. The van der Waals surface area contributed by atoms with Gasteiger partial charge < -0.3 is 0 Å². The summed E-state index contributed by atoms with van der Waals surface area (Å²) in [5.74, 6) is 0. The number of hydrogen-bond donors (Lipinski definition) is 0. The molecule has 0 atom stereocenters. The molecule has 4 aromatic carbocycles. The SMILES string of the molecule is O=S(=O)(c1ccccc1)N(Cc1ccccc1)Cc1ccc(-c2ccccc2)cc1. The highest BCUT2D eigenvalue weighted by Crippen LogP contribution is 2.23. The third kappa shape index (κ3) is 4.67. The topological polar surface area (TPSA) is 37.4 Å². The van der Waals surface area contributed by atoms with Gasteiger partial charge in [0.2, 0.25) is 10.0 Å². The van der Waals surface area contributed by atoms with Gasteiger partial charge in [0.1, 0.15) is 0 Å². The van der Waals surface area contributed by atoms with Crippen molar-refractivity contribution in [2.75, 3.05) is 0 Å². The normalized spacial score (nSPS) is 11.5. The summed E-state index contributed by atoms with van der Waals surface area (Å²) in [5.41, 5.74) is 4.16. The van der Waals surface area contributed by atoms with Gasteiger partial charge in [-0.1, -0.05) is 103 Å². The van der Waals surface area contributed by atoms with Crippen LogP contribution in [0.1, 0.15) is 11.1 Å². The predicted octanol–water partition coefficient (Wildman–Crippen LogP) is 5.74. The van der Waals surface area contributed by atoms with Crippen LogP contribution in [-0.4, -0.2) is 12.7 Å². The van der Waals surface area contributed by atoms with E-state index in [1.807, 2.05) is 78.9 Å². The first-order valence-electron chi connectivity index (χ1n) is 9.86. The molecular formula is C26H23NO2S. The van der Waals surface area contributed by atoms with E-state index in [4.69, 9.17) is 0 Å². The number of rotatable bonds is 7. The van der Waals surface area contributed by atoms with Crippen LogP contribution in [0.4, 0.5) is 0 Å². The van der Waals surface area contributed by atoms with E-state index in [-0.39, 0.29) is 0 Å². The van der Waals surface area contributed by atoms with Crippen LogP contribution in [0.3, 0.4) is 0 Å². The summed E-state index contributed by atoms with van der Waals surface area (Å²) in [5, 5.41) is 0. The number of sulfonamides is 1. The molecule has 0 aliphatic carbocycles. The van der Waals surface area contributed by atoms with Crippen LogP contribution in [0.25, 0.3) is 11.1 Å². The van der Waals surface area contributed by atoms with Crippen LogP contribution < -0.4 is 0 Å². The fraction of sp³-hybridized carbons (Fsp3) is 0.0769. The molecule has 0 bridgehead atoms. The molecule has 0 N–H and O–H groups in total. The lowest BCUT2D eigenvalue weighted by atomic mass is 10.0. The first-order valence-corrected chi connectivity index (χ1v) is 11.3. The number of benzene rings is 4. The van der Waals surface area contributed by atoms with Crippen LogP contribution in [0, 0.1) is 0 Å². The summed E-state index contributed by atoms with van der Waals surface area (Å²) >= 11 is 0. The maximum Gasteiger partial charge on any atom is 0.243 e. The average molecular weight is 414 g/mol. The van der Waals surface area contributed by atoms with E-state index in [9.17, 15) is 8.42 Å². The van der Waals surface area contributed by atoms with Crippen molar-refractivity contribution in [1.82, 2.24) is 4.31 Å². The molecule has 0 aliphatic rings. The molecule has 0 amide bonds. The van der Waals surface area contributed by atoms with Crippen molar-refractivity contribution >= 4 is 10.0 Å². The van der Waals surface area contributed by atoms with Crippen LogP contribution >= 0.6 is 0 Å². The largest absolute Gasteiger partial charge is 0.243 e. The Morgan fingerprint density at radius 1 is 0.500 bits per heavy atom. The minimum Gasteiger partial charge on any atom is -0.207 e. The molecule has 0 spiro atoms. The Kier molecular flexibility index (Phi) is 6.07. The summed E-state index contributed by atoms with van der Waals surface area (Å²) in [4.78, 5) is 0.307. The van der Waals surface area contributed by atoms with E-state index in [0.717, 1.165) is 22.3 Å². The molecule has 0 saturated heterocycles. The van der Waals surface area contributed by atoms with Gasteiger partial charge in [0.15, 0.2) is 0 Å². The summed E-state index contributed by atoms with van der Waals surface area (Å²) in [6.07, 6.45) is 0. The highest BCUT2D eigenvalue weighted by atomic mass is 32.2. The molecule has 0 unspecified atom stereocenters. The van der Waals surface area contributed by atoms with Crippen molar-refractivity contribution in [2.45, 2.75) is 18.0 Å². The van der Waals surface area contributed by atoms with Crippen molar-refractivity contribution in [3.63, 3.8) is 0 Å². The lowest BCUT2D eigenvalue weighted by molar-refractivity contribution is 0.401. The zero-order valence-corrected chi connectivity index (χ0v) is 17.4. The summed E-state index contributed by atoms with van der Waals surface area (Å²) < 4.78 is 28.2. The third-order valence-corrected chi connectivity index (χ3v) is 6.81. The maximum absolute atomic E-state index is 13.4. The molecule has 0 saturated carbocycles. The van der Waals surface area contributed by atoms with Gasteiger partial charge in [0.25, 0.3) is 0 Å². The van der Waals surface area contributed by atoms with Crippen molar-refractivity contribution in [3.8, 4) is 11.1 Å². The van der Waals surface area contributed by atoms with E-state index >= 15 is 0 Å². The predicted molar refractivity (Wildman–Crippen MR) is 121 cm³/mol. The van der Waals surface area contributed by atoms with Gasteiger partial charge in [0, 0.05) is 13.1 Å². The zero-order chi connectivity index (χ0) is 20.8. The Balaban J connectivity index is 1.63. The van der Waals surface area contributed by atoms with Gasteiger partial charge in [-0.05, 0) is 34.4 Å². The van der Waals surface area contributed by atoms with Crippen LogP contribution in [-0.2, 0) is 23.1 Å². The summed E-state index contributed by atoms with van der Waals surface area (Å²) in [6.45, 7) is 0.625. The van der Waals surface area contributed by atoms with Crippen molar-refractivity contribution in [3.05, 3.63) is 126 Å². The Labute approximate surface area is 178 Å². The molecule has 150 valence electrons. The van der Waals surface area contributed by atoms with Crippen LogP contribution in [0.5, 0.6) is 0 Å². The second kappa shape index (κ2) is 9.08. The van der Waals surface area contributed by atoms with Gasteiger partial charge in [-0.3, -0.25) is 0 Å². The van der Waals surface area contributed by atoms with Crippen molar-refractivity contribution < 1.29 is 8.42 Å². The molecule has 4 rings (SSSR count). The monoisotopic (exact) mass is 413 g/mol. The van der Waals surface area contributed by atoms with Gasteiger partial charge in [-0.2, -0.15) is 4.31 Å². The van der Waals surface area contributed by atoms with Gasteiger partial charge >= 0.3 is 0 Å². The molecule has 0 heterocycles. The standard InChI is InChI=1S/C26H23NO2S/c28-30(29,26-14-8-3-9-15-26)27(20-22-10-4-1-5-11-22)21-23-16-18-25(19-17-23)24-12-6-2-7-13-24/h1-19H,20-21H2. The van der Waals surface area contributed by atoms with Crippen molar-refractivity contribution in [1.29, 1.82) is 0 Å². The van der Waals surface area contributed by atoms with E-state index in [0.29, 0.717) is 18.0 Å². The molecule has 30 heavy (non-hydrogen) atoms. The second-order valence-corrected chi connectivity index (χ2v) is 9.07. The summed E-state index contributed by atoms with van der Waals surface area (Å²) in [7, 11) is -3.63. The smallest absolute Gasteiger partial charge is 0.207 e. The van der Waals surface area contributed by atoms with E-state index in [2.05, 4.69) is 12.1 Å². The molecular weight excluding hydrogens is 390 g/mol. The Bertz CT molecular complexity index is 1170. The Morgan fingerprint density at radius 3 is 1.50 bits per heavy atom. The summed E-state index contributed by atoms with van der Waals surface area (Å²) in [6, 6.07) is 36.5. The highest BCUT2D eigenvalue weighted by Gasteiger charge is 2.24. The fourth-order valence-electron chi connectivity index (χ4n) is 3.39. The Morgan fingerprint density at radius 2 is 0.933 bits per heavy atom. The third-order valence-electron chi connectivity index (χ3n) is 5.00. The zero-order valence-electron chi connectivity index (χ0n) is 16.6. The second-order valence-electron chi connectivity index (χ2n) is 7.13. The van der Waals surface area contributed by atoms with Crippen molar-refractivity contribution in [2.24, 2.45) is 0 Å². The lowest BCUT2D eigenvalue weighted by Gasteiger charge is -2.23. The van der Waals surface area contributed by atoms with E-state index in [1.54, 1.807) is 24.3 Å². The van der Waals surface area contributed by atoms with Gasteiger partial charge in [-0.25, -0.2) is 8.42 Å². The molecule has 0 fully saturated rings. The van der Waals surface area contributed by atoms with Gasteiger partial charge in [0.05, 0.1) is 4.90 Å². The molecule has 0 aliphatic heterocycles. The van der Waals surface area contributed by atoms with Gasteiger partial charge in [-0.15, -0.1) is 0 Å². The molecule has 4 heteroatoms.